The van der Waals surface area contributed by atoms with Crippen molar-refractivity contribution in [2.24, 2.45) is 5.73 Å². The molecule has 4 heteroatoms. The van der Waals surface area contributed by atoms with Gasteiger partial charge < -0.3 is 15.7 Å². The van der Waals surface area contributed by atoms with E-state index in [1.54, 1.807) is 0 Å². The topological polar surface area (TPSA) is 66.6 Å². The Hall–Kier alpha value is -0.610. The molecule has 0 heterocycles. The molecule has 0 aromatic heterocycles. The van der Waals surface area contributed by atoms with Gasteiger partial charge in [-0.1, -0.05) is 0 Å². The highest BCUT2D eigenvalue weighted by molar-refractivity contribution is 5.77. The number of hydrogen-bond donors (Lipinski definition) is 2. The Morgan fingerprint density at radius 1 is 1.64 bits per heavy atom. The standard InChI is InChI=1S/C7H16N2O2/c1-7(8,6(10)11)4-5-9(2)3/h4-5,8H2,1-3H3,(H,10,11). The average Bonchev–Trinajstić information content (AvgIpc) is 1.84. The number of aliphatic carboxylic acids is 1. The largest absolute Gasteiger partial charge is 0.480 e. The summed E-state index contributed by atoms with van der Waals surface area (Å²) in [6.45, 7) is 2.22. The van der Waals surface area contributed by atoms with Crippen molar-refractivity contribution in [2.75, 3.05) is 20.6 Å². The van der Waals surface area contributed by atoms with Crippen LogP contribution in [0.2, 0.25) is 0 Å². The van der Waals surface area contributed by atoms with Crippen molar-refractivity contribution in [1.82, 2.24) is 4.90 Å². The van der Waals surface area contributed by atoms with E-state index in [1.165, 1.54) is 6.92 Å². The second kappa shape index (κ2) is 3.69. The maximum atomic E-state index is 10.5. The fraction of sp³-hybridized carbons (Fsp3) is 0.857. The molecule has 3 N–H and O–H groups in total. The van der Waals surface area contributed by atoms with Gasteiger partial charge in [0.15, 0.2) is 0 Å². The molecule has 1 atom stereocenters. The first-order valence-corrected chi connectivity index (χ1v) is 3.53. The number of nitrogens with zero attached hydrogens (tertiary/aromatic N) is 1. The predicted octanol–water partition coefficient (Wildman–Crippen LogP) is -0.260. The van der Waals surface area contributed by atoms with Gasteiger partial charge in [-0.05, 0) is 34.0 Å². The molecule has 0 saturated carbocycles. The highest BCUT2D eigenvalue weighted by Gasteiger charge is 2.27. The van der Waals surface area contributed by atoms with Crippen LogP contribution in [0.25, 0.3) is 0 Å². The average molecular weight is 160 g/mol. The summed E-state index contributed by atoms with van der Waals surface area (Å²) in [5.74, 6) is -0.945. The second-order valence-corrected chi connectivity index (χ2v) is 3.28. The number of hydrogen-bond acceptors (Lipinski definition) is 3. The third-order valence-corrected chi connectivity index (χ3v) is 1.57. The van der Waals surface area contributed by atoms with Gasteiger partial charge in [-0.3, -0.25) is 4.79 Å². The van der Waals surface area contributed by atoms with E-state index in [0.29, 0.717) is 13.0 Å². The van der Waals surface area contributed by atoms with Gasteiger partial charge >= 0.3 is 5.97 Å². The fourth-order valence-electron chi connectivity index (χ4n) is 0.563. The molecule has 0 spiro atoms. The Balaban J connectivity index is 3.83. The van der Waals surface area contributed by atoms with E-state index in [0.717, 1.165) is 0 Å². The summed E-state index contributed by atoms with van der Waals surface area (Å²) in [7, 11) is 3.77. The number of nitrogens with two attached hydrogens (primary N) is 1. The van der Waals surface area contributed by atoms with Gasteiger partial charge in [0.05, 0.1) is 0 Å². The van der Waals surface area contributed by atoms with Crippen LogP contribution in [0.5, 0.6) is 0 Å². The van der Waals surface area contributed by atoms with Gasteiger partial charge in [0.25, 0.3) is 0 Å². The number of carboxylic acid groups (broad SMARTS) is 1. The number of carbonyl (C=O) groups is 1. The van der Waals surface area contributed by atoms with E-state index in [4.69, 9.17) is 10.8 Å². The Kier molecular flexibility index (Phi) is 3.48. The molecule has 4 nitrogen and oxygen atoms in total. The van der Waals surface area contributed by atoms with Crippen molar-refractivity contribution in [3.63, 3.8) is 0 Å². The summed E-state index contributed by atoms with van der Waals surface area (Å²) in [6, 6.07) is 0. The molecule has 0 aromatic rings. The molecular formula is C7H16N2O2. The van der Waals surface area contributed by atoms with E-state index < -0.39 is 11.5 Å². The van der Waals surface area contributed by atoms with Gasteiger partial charge in [0.1, 0.15) is 5.54 Å². The van der Waals surface area contributed by atoms with Crippen LogP contribution < -0.4 is 5.73 Å². The van der Waals surface area contributed by atoms with Crippen LogP contribution in [0.15, 0.2) is 0 Å². The van der Waals surface area contributed by atoms with E-state index in [9.17, 15) is 4.79 Å². The van der Waals surface area contributed by atoms with Crippen LogP contribution >= 0.6 is 0 Å². The lowest BCUT2D eigenvalue weighted by Gasteiger charge is -2.20. The van der Waals surface area contributed by atoms with E-state index in [-0.39, 0.29) is 0 Å². The molecule has 0 aliphatic carbocycles. The molecular weight excluding hydrogens is 144 g/mol. The minimum absolute atomic E-state index is 0.468. The summed E-state index contributed by atoms with van der Waals surface area (Å²) < 4.78 is 0. The molecule has 66 valence electrons. The van der Waals surface area contributed by atoms with Gasteiger partial charge in [0, 0.05) is 0 Å². The summed E-state index contributed by atoms with van der Waals surface area (Å²) in [6.07, 6.45) is 0.468. The maximum Gasteiger partial charge on any atom is 0.323 e. The monoisotopic (exact) mass is 160 g/mol. The van der Waals surface area contributed by atoms with Crippen molar-refractivity contribution in [3.8, 4) is 0 Å². The maximum absolute atomic E-state index is 10.5. The summed E-state index contributed by atoms with van der Waals surface area (Å²) in [5, 5.41) is 8.61. The van der Waals surface area contributed by atoms with Crippen molar-refractivity contribution in [1.29, 1.82) is 0 Å². The minimum atomic E-state index is -1.09. The van der Waals surface area contributed by atoms with Crippen LogP contribution in [0, 0.1) is 0 Å². The molecule has 0 bridgehead atoms. The van der Waals surface area contributed by atoms with Gasteiger partial charge in [-0.2, -0.15) is 0 Å². The quantitative estimate of drug-likeness (QED) is 0.594. The van der Waals surface area contributed by atoms with Crippen LogP contribution in [-0.2, 0) is 4.79 Å². The van der Waals surface area contributed by atoms with Crippen LogP contribution in [0.4, 0.5) is 0 Å². The lowest BCUT2D eigenvalue weighted by Crippen LogP contribution is -2.46. The Bertz CT molecular complexity index is 143. The molecule has 0 rings (SSSR count). The first-order chi connectivity index (χ1) is 4.86. The Labute approximate surface area is 67.0 Å². The van der Waals surface area contributed by atoms with Crippen LogP contribution in [0.3, 0.4) is 0 Å². The zero-order valence-corrected chi connectivity index (χ0v) is 7.29. The molecule has 0 fully saturated rings. The van der Waals surface area contributed by atoms with E-state index >= 15 is 0 Å². The third kappa shape index (κ3) is 3.95. The first kappa shape index (κ1) is 10.4. The predicted molar refractivity (Wildman–Crippen MR) is 43.4 cm³/mol. The van der Waals surface area contributed by atoms with Crippen molar-refractivity contribution in [3.05, 3.63) is 0 Å². The molecule has 0 aromatic carbocycles. The molecule has 1 unspecified atom stereocenters. The van der Waals surface area contributed by atoms with Gasteiger partial charge in [0.2, 0.25) is 0 Å². The van der Waals surface area contributed by atoms with Crippen molar-refractivity contribution in [2.45, 2.75) is 18.9 Å². The number of carboxylic acids is 1. The van der Waals surface area contributed by atoms with Gasteiger partial charge in [-0.15, -0.1) is 0 Å². The molecule has 0 aliphatic rings. The minimum Gasteiger partial charge on any atom is -0.480 e. The lowest BCUT2D eigenvalue weighted by atomic mass is 10.00. The van der Waals surface area contributed by atoms with E-state index in [1.807, 2.05) is 19.0 Å². The zero-order chi connectivity index (χ0) is 9.07. The highest BCUT2D eigenvalue weighted by atomic mass is 16.4. The van der Waals surface area contributed by atoms with Crippen LogP contribution in [-0.4, -0.2) is 42.2 Å². The molecule has 0 radical (unpaired) electrons. The summed E-state index contributed by atoms with van der Waals surface area (Å²) in [5.41, 5.74) is 4.39. The molecule has 0 amide bonds. The summed E-state index contributed by atoms with van der Waals surface area (Å²) in [4.78, 5) is 12.4. The third-order valence-electron chi connectivity index (χ3n) is 1.57. The SMILES string of the molecule is CN(C)CCC(C)(N)C(=O)O. The Morgan fingerprint density at radius 2 is 2.09 bits per heavy atom. The Morgan fingerprint density at radius 3 is 2.36 bits per heavy atom. The van der Waals surface area contributed by atoms with Gasteiger partial charge in [-0.25, -0.2) is 0 Å². The first-order valence-electron chi connectivity index (χ1n) is 3.53. The van der Waals surface area contributed by atoms with Crippen LogP contribution in [0.1, 0.15) is 13.3 Å². The van der Waals surface area contributed by atoms with E-state index in [2.05, 4.69) is 0 Å². The summed E-state index contributed by atoms with van der Waals surface area (Å²) >= 11 is 0. The molecule has 11 heavy (non-hydrogen) atoms. The zero-order valence-electron chi connectivity index (χ0n) is 7.29. The molecule has 0 saturated heterocycles. The van der Waals surface area contributed by atoms with Crippen molar-refractivity contribution >= 4 is 5.97 Å². The second-order valence-electron chi connectivity index (χ2n) is 3.28. The number of rotatable bonds is 4. The lowest BCUT2D eigenvalue weighted by molar-refractivity contribution is -0.143. The highest BCUT2D eigenvalue weighted by Crippen LogP contribution is 2.05. The smallest absolute Gasteiger partial charge is 0.323 e. The van der Waals surface area contributed by atoms with Crippen molar-refractivity contribution < 1.29 is 9.90 Å². The normalized spacial score (nSPS) is 16.5. The fourth-order valence-corrected chi connectivity index (χ4v) is 0.563. The molecule has 0 aliphatic heterocycles.